The van der Waals surface area contributed by atoms with Gasteiger partial charge in [-0.1, -0.05) is 211 Å². The average molecular weight is 1110 g/mol. The molecule has 1 aliphatic heterocycles. The van der Waals surface area contributed by atoms with Crippen LogP contribution in [-0.2, 0) is 10.8 Å². The Balaban J connectivity index is 0.975. The van der Waals surface area contributed by atoms with Crippen molar-refractivity contribution in [2.75, 3.05) is 0 Å². The Labute approximate surface area is 507 Å². The van der Waals surface area contributed by atoms with Crippen LogP contribution in [0.5, 0.6) is 11.5 Å². The number of hydrogen-bond acceptors (Lipinski definition) is 3. The van der Waals surface area contributed by atoms with Crippen molar-refractivity contribution < 1.29 is 20.6 Å². The van der Waals surface area contributed by atoms with E-state index in [2.05, 4.69) is 219 Å². The molecule has 0 N–H and O–H groups in total. The second-order valence-electron chi connectivity index (χ2n) is 24.6. The van der Waals surface area contributed by atoms with Gasteiger partial charge >= 0.3 is 0 Å². The van der Waals surface area contributed by atoms with Crippen molar-refractivity contribution >= 4 is 54.8 Å². The Kier molecular flexibility index (Phi) is 10.4. The van der Waals surface area contributed by atoms with Gasteiger partial charge in [0.25, 0.3) is 6.33 Å². The summed E-state index contributed by atoms with van der Waals surface area (Å²) < 4.78 is 65.7. The predicted molar refractivity (Wildman–Crippen MR) is 353 cm³/mol. The van der Waals surface area contributed by atoms with Gasteiger partial charge in [-0.05, 0) is 162 Å². The average Bonchev–Trinajstić information content (AvgIpc) is 1.62. The van der Waals surface area contributed by atoms with Crippen molar-refractivity contribution in [3.05, 3.63) is 272 Å². The molecule has 11 aromatic carbocycles. The molecular formula is C80H60N4O2. The van der Waals surface area contributed by atoms with E-state index in [1.807, 2.05) is 66.9 Å². The summed E-state index contributed by atoms with van der Waals surface area (Å²) in [7, 11) is 0. The van der Waals surface area contributed by atoms with E-state index in [4.69, 9.17) is 18.3 Å². The normalized spacial score (nSPS) is 13.1. The molecule has 86 heavy (non-hydrogen) atoms. The van der Waals surface area contributed by atoms with Crippen molar-refractivity contribution in [2.45, 2.75) is 52.4 Å². The summed E-state index contributed by atoms with van der Waals surface area (Å²) in [5, 5.41) is 4.17. The van der Waals surface area contributed by atoms with Gasteiger partial charge in [0.1, 0.15) is 28.5 Å². The maximum absolute atomic E-state index is 9.52. The highest BCUT2D eigenvalue weighted by Crippen LogP contribution is 2.50. The standard InChI is InChI=1S/C80H60N4O2/c1-79(2,3)54-36-33-50(34-37-54)53-44-69-62-24-11-10-23-61(62)66-29-17-27-59(51-19-8-7-9-20-51)76(66)67-30-18-28-60(52-35-40-74-68(43-52)65-26-13-15-32-73(65)86-74)77(67)83-49-82(72(45-53)78(69)83)56-21-16-22-57(47-56)85-58-38-39-64-63-25-12-14-31-70(63)84(71(64)48-58)75-46-55(41-42-81-75)80(4,5)6/h7-48H,1-6H3/i7D,8D,9D,19D,20D. The van der Waals surface area contributed by atoms with Crippen LogP contribution in [0.2, 0.25) is 0 Å². The molecule has 0 radical (unpaired) electrons. The number of nitrogens with zero attached hydrogens (tertiary/aromatic N) is 4. The van der Waals surface area contributed by atoms with Crippen LogP contribution in [0.1, 0.15) is 59.5 Å². The van der Waals surface area contributed by atoms with Crippen molar-refractivity contribution in [3.63, 3.8) is 0 Å². The monoisotopic (exact) mass is 1110 g/mol. The summed E-state index contributed by atoms with van der Waals surface area (Å²) in [4.78, 5) is 4.94. The second kappa shape index (κ2) is 19.5. The maximum atomic E-state index is 9.52. The van der Waals surface area contributed by atoms with E-state index in [-0.39, 0.29) is 28.5 Å². The first-order valence-corrected chi connectivity index (χ1v) is 29.3. The lowest BCUT2D eigenvalue weighted by molar-refractivity contribution is -0.570. The van der Waals surface area contributed by atoms with E-state index in [1.54, 1.807) is 0 Å². The summed E-state index contributed by atoms with van der Waals surface area (Å²) in [6, 6.07) is 73.8. The molecular weight excluding hydrogens is 1050 g/mol. The molecule has 0 spiro atoms. The number of fused-ring (bicyclic) bond motifs is 13. The van der Waals surface area contributed by atoms with Gasteiger partial charge in [0, 0.05) is 33.8 Å². The fourth-order valence-corrected chi connectivity index (χ4v) is 12.9. The van der Waals surface area contributed by atoms with Gasteiger partial charge in [0.05, 0.1) is 40.3 Å². The summed E-state index contributed by atoms with van der Waals surface area (Å²) in [5.41, 5.74) is 18.7. The predicted octanol–water partition coefficient (Wildman–Crippen LogP) is 20.8. The number of benzene rings is 11. The van der Waals surface area contributed by atoms with Crippen LogP contribution < -0.4 is 9.30 Å². The number of para-hydroxylation sites is 3. The summed E-state index contributed by atoms with van der Waals surface area (Å²) >= 11 is 0. The van der Waals surface area contributed by atoms with E-state index in [9.17, 15) is 2.74 Å². The van der Waals surface area contributed by atoms with Crippen LogP contribution in [0, 0.1) is 6.33 Å². The Morgan fingerprint density at radius 3 is 1.93 bits per heavy atom. The molecule has 15 aromatic rings. The molecule has 4 aromatic heterocycles. The third-order valence-electron chi connectivity index (χ3n) is 17.2. The number of hydrogen-bond donors (Lipinski definition) is 0. The van der Waals surface area contributed by atoms with E-state index in [0.717, 1.165) is 122 Å². The number of pyridine rings is 1. The molecule has 16 rings (SSSR count). The largest absolute Gasteiger partial charge is 0.458 e. The van der Waals surface area contributed by atoms with Crippen molar-refractivity contribution in [1.82, 2.24) is 14.1 Å². The van der Waals surface area contributed by atoms with E-state index < -0.39 is 18.1 Å². The van der Waals surface area contributed by atoms with Gasteiger partial charge < -0.3 is 9.15 Å². The molecule has 412 valence electrons. The van der Waals surface area contributed by atoms with Crippen molar-refractivity contribution in [1.29, 1.82) is 0 Å². The molecule has 0 aliphatic carbocycles. The van der Waals surface area contributed by atoms with Gasteiger partial charge in [-0.25, -0.2) is 4.98 Å². The van der Waals surface area contributed by atoms with Gasteiger partial charge in [-0.3, -0.25) is 13.7 Å². The van der Waals surface area contributed by atoms with Crippen LogP contribution >= 0.6 is 0 Å². The summed E-state index contributed by atoms with van der Waals surface area (Å²) in [5.74, 6) is 2.11. The van der Waals surface area contributed by atoms with Gasteiger partial charge in [-0.15, -0.1) is 0 Å². The molecule has 1 aliphatic rings. The molecule has 0 atom stereocenters. The van der Waals surface area contributed by atoms with Gasteiger partial charge in [0.2, 0.25) is 0 Å². The minimum Gasteiger partial charge on any atom is -0.458 e. The van der Waals surface area contributed by atoms with Crippen molar-refractivity contribution in [3.8, 4) is 95.5 Å². The van der Waals surface area contributed by atoms with Crippen molar-refractivity contribution in [2.24, 2.45) is 0 Å². The van der Waals surface area contributed by atoms with E-state index >= 15 is 0 Å². The minimum atomic E-state index is -0.451. The zero-order valence-corrected chi connectivity index (χ0v) is 48.5. The molecule has 0 amide bonds. The van der Waals surface area contributed by atoms with Crippen LogP contribution in [0.4, 0.5) is 0 Å². The maximum Gasteiger partial charge on any atom is 0.269 e. The molecule has 6 heteroatoms. The molecule has 6 nitrogen and oxygen atoms in total. The van der Waals surface area contributed by atoms with Crippen LogP contribution in [0.3, 0.4) is 0 Å². The van der Waals surface area contributed by atoms with Crippen LogP contribution in [-0.4, -0.2) is 14.1 Å². The fourth-order valence-electron chi connectivity index (χ4n) is 12.9. The number of ether oxygens (including phenoxy) is 1. The third kappa shape index (κ3) is 8.38. The molecule has 0 saturated heterocycles. The third-order valence-corrected chi connectivity index (χ3v) is 17.2. The molecule has 0 fully saturated rings. The number of furan rings is 1. The zero-order valence-electron chi connectivity index (χ0n) is 53.5. The van der Waals surface area contributed by atoms with Gasteiger partial charge in [0.15, 0.2) is 0 Å². The molecule has 0 saturated carbocycles. The SMILES string of the molecule is [2H]c1c([2H])c([2H])c(-c2cccc3c2-c2cccc(-c4ccc5oc6ccccc6c5c4)c2-[n+]2[c-]n(-c4cccc(Oc5ccc6c7ccccc7n(-c7cc(C(C)(C)C)ccn7)c6c5)c4)c4cc(-c5ccc(C(C)(C)C)cc5)cc(c42)-c2ccccc2-3)c([2H])c1[2H]. The number of aromatic nitrogens is 4. The Bertz CT molecular complexity index is 5520. The Morgan fingerprint density at radius 2 is 1.12 bits per heavy atom. The Morgan fingerprint density at radius 1 is 0.453 bits per heavy atom. The van der Waals surface area contributed by atoms with Crippen LogP contribution in [0.15, 0.2) is 259 Å². The molecule has 0 bridgehead atoms. The summed E-state index contributed by atoms with van der Waals surface area (Å²) in [6.07, 6.45) is 5.91. The van der Waals surface area contributed by atoms with E-state index in [0.29, 0.717) is 22.6 Å². The number of imidazole rings is 1. The highest BCUT2D eigenvalue weighted by Gasteiger charge is 2.30. The zero-order chi connectivity index (χ0) is 62.4. The van der Waals surface area contributed by atoms with E-state index in [1.165, 1.54) is 11.1 Å². The Hall–Kier alpha value is -10.6. The lowest BCUT2D eigenvalue weighted by Crippen LogP contribution is -2.32. The first-order chi connectivity index (χ1) is 44.0. The highest BCUT2D eigenvalue weighted by atomic mass is 16.5. The lowest BCUT2D eigenvalue weighted by atomic mass is 9.83. The quantitative estimate of drug-likeness (QED) is 0.118. The first kappa shape index (κ1) is 45.9. The smallest absolute Gasteiger partial charge is 0.269 e. The number of rotatable bonds is 7. The molecule has 5 heterocycles. The highest BCUT2D eigenvalue weighted by molar-refractivity contribution is 6.11. The fraction of sp³-hybridized carbons (Fsp3) is 0.100. The van der Waals surface area contributed by atoms with Crippen LogP contribution in [0.25, 0.3) is 139 Å². The van der Waals surface area contributed by atoms with Gasteiger partial charge in [-0.2, -0.15) is 0 Å². The topological polar surface area (TPSA) is 49.0 Å². The first-order valence-electron chi connectivity index (χ1n) is 31.8. The minimum absolute atomic E-state index is 0.0642. The lowest BCUT2D eigenvalue weighted by Gasteiger charge is -2.21. The second-order valence-corrected chi connectivity index (χ2v) is 24.6. The summed E-state index contributed by atoms with van der Waals surface area (Å²) in [6.45, 7) is 13.4. The molecule has 0 unspecified atom stereocenters.